The van der Waals surface area contributed by atoms with Gasteiger partial charge in [-0.2, -0.15) is 0 Å². The summed E-state index contributed by atoms with van der Waals surface area (Å²) in [5.41, 5.74) is 1.55. The highest BCUT2D eigenvalue weighted by Gasteiger charge is 2.18. The smallest absolute Gasteiger partial charge is 0.406 e. The average molecular weight is 297 g/mol. The summed E-state index contributed by atoms with van der Waals surface area (Å²) in [7, 11) is 0. The van der Waals surface area contributed by atoms with Crippen molar-refractivity contribution in [1.29, 1.82) is 0 Å². The van der Waals surface area contributed by atoms with Crippen LogP contribution in [0.5, 0.6) is 0 Å². The quantitative estimate of drug-likeness (QED) is 0.739. The number of carbonyl (C=O) groups is 1. The Balaban J connectivity index is 1.92. The molecule has 0 bridgehead atoms. The first kappa shape index (κ1) is 14.1. The lowest BCUT2D eigenvalue weighted by Crippen LogP contribution is -2.35. The summed E-state index contributed by atoms with van der Waals surface area (Å²) < 4.78 is 6.35. The molecular weight excluding hydrogens is 282 g/mol. The monoisotopic (exact) mass is 297 g/mol. The van der Waals surface area contributed by atoms with Crippen molar-refractivity contribution < 1.29 is 9.21 Å². The predicted molar refractivity (Wildman–Crippen MR) is 82.7 cm³/mol. The fourth-order valence-electron chi connectivity index (χ4n) is 2.37. The van der Waals surface area contributed by atoms with Crippen molar-refractivity contribution in [3.63, 3.8) is 0 Å². The summed E-state index contributed by atoms with van der Waals surface area (Å²) in [5.74, 6) is -0.768. The van der Waals surface area contributed by atoms with Crippen molar-refractivity contribution in [3.8, 4) is 0 Å². The molecular formula is C16H15N3O3. The van der Waals surface area contributed by atoms with E-state index in [1.54, 1.807) is 23.2 Å². The van der Waals surface area contributed by atoms with Gasteiger partial charge >= 0.3 is 5.76 Å². The molecule has 1 aromatic carbocycles. The largest absolute Gasteiger partial charge is 0.421 e. The molecule has 0 saturated heterocycles. The van der Waals surface area contributed by atoms with E-state index in [9.17, 15) is 9.59 Å². The molecule has 2 heterocycles. The minimum atomic E-state index is -0.578. The molecule has 0 atom stereocenters. The summed E-state index contributed by atoms with van der Waals surface area (Å²) in [4.78, 5) is 30.2. The molecule has 0 radical (unpaired) electrons. The van der Waals surface area contributed by atoms with Crippen LogP contribution in [0.4, 0.5) is 5.69 Å². The van der Waals surface area contributed by atoms with Gasteiger partial charge in [0, 0.05) is 18.4 Å². The number of fused-ring (bicyclic) bond motifs is 1. The Morgan fingerprint density at radius 3 is 2.73 bits per heavy atom. The number of benzene rings is 1. The Bertz CT molecular complexity index is 852. The standard InChI is InChI=1S/C16H15N3O3/c1-2-18(12-7-4-3-5-8-12)14(20)11-19-15-13(22-16(19)21)9-6-10-17-15/h3-10H,2,11H2,1H3. The minimum Gasteiger partial charge on any atom is -0.406 e. The van der Waals surface area contributed by atoms with Crippen LogP contribution in [0.15, 0.2) is 57.9 Å². The molecule has 112 valence electrons. The van der Waals surface area contributed by atoms with Crippen LogP contribution in [-0.4, -0.2) is 22.0 Å². The van der Waals surface area contributed by atoms with Crippen LogP contribution in [0.1, 0.15) is 6.92 Å². The Morgan fingerprint density at radius 2 is 2.00 bits per heavy atom. The number of anilines is 1. The van der Waals surface area contributed by atoms with Crippen molar-refractivity contribution in [2.24, 2.45) is 0 Å². The molecule has 3 aromatic rings. The van der Waals surface area contributed by atoms with Crippen molar-refractivity contribution in [1.82, 2.24) is 9.55 Å². The maximum absolute atomic E-state index is 12.5. The second kappa shape index (κ2) is 5.85. The Morgan fingerprint density at radius 1 is 1.23 bits per heavy atom. The van der Waals surface area contributed by atoms with Crippen LogP contribution < -0.4 is 10.7 Å². The van der Waals surface area contributed by atoms with Gasteiger partial charge in [-0.1, -0.05) is 18.2 Å². The van der Waals surface area contributed by atoms with E-state index in [4.69, 9.17) is 4.42 Å². The molecule has 0 spiro atoms. The van der Waals surface area contributed by atoms with Gasteiger partial charge in [0.1, 0.15) is 6.54 Å². The second-order valence-corrected chi connectivity index (χ2v) is 4.75. The number of hydrogen-bond acceptors (Lipinski definition) is 4. The Labute approximate surface area is 126 Å². The molecule has 0 aliphatic rings. The van der Waals surface area contributed by atoms with E-state index in [0.29, 0.717) is 17.8 Å². The number of amides is 1. The number of oxazole rings is 1. The fraction of sp³-hybridized carbons (Fsp3) is 0.188. The van der Waals surface area contributed by atoms with E-state index < -0.39 is 5.76 Å². The third-order valence-electron chi connectivity index (χ3n) is 3.40. The molecule has 6 heteroatoms. The molecule has 6 nitrogen and oxygen atoms in total. The van der Waals surface area contributed by atoms with E-state index in [2.05, 4.69) is 4.98 Å². The molecule has 0 saturated carbocycles. The first-order valence-electron chi connectivity index (χ1n) is 7.00. The predicted octanol–water partition coefficient (Wildman–Crippen LogP) is 2.04. The van der Waals surface area contributed by atoms with Crippen LogP contribution >= 0.6 is 0 Å². The number of hydrogen-bond donors (Lipinski definition) is 0. The molecule has 0 aliphatic carbocycles. The number of likely N-dealkylation sites (N-methyl/N-ethyl adjacent to an activating group) is 1. The minimum absolute atomic E-state index is 0.106. The topological polar surface area (TPSA) is 68.3 Å². The number of aromatic nitrogens is 2. The van der Waals surface area contributed by atoms with Gasteiger partial charge in [-0.3, -0.25) is 4.79 Å². The summed E-state index contributed by atoms with van der Waals surface area (Å²) >= 11 is 0. The fourth-order valence-corrected chi connectivity index (χ4v) is 2.37. The highest BCUT2D eigenvalue weighted by Crippen LogP contribution is 2.14. The van der Waals surface area contributed by atoms with Gasteiger partial charge in [0.25, 0.3) is 0 Å². The highest BCUT2D eigenvalue weighted by molar-refractivity contribution is 5.93. The van der Waals surface area contributed by atoms with Crippen molar-refractivity contribution in [2.45, 2.75) is 13.5 Å². The van der Waals surface area contributed by atoms with Crippen molar-refractivity contribution in [2.75, 3.05) is 11.4 Å². The van der Waals surface area contributed by atoms with E-state index >= 15 is 0 Å². The summed E-state index contributed by atoms with van der Waals surface area (Å²) in [6, 6.07) is 12.7. The van der Waals surface area contributed by atoms with Crippen LogP contribution in [0.3, 0.4) is 0 Å². The molecule has 0 fully saturated rings. The third-order valence-corrected chi connectivity index (χ3v) is 3.40. The van der Waals surface area contributed by atoms with Crippen LogP contribution in [-0.2, 0) is 11.3 Å². The number of rotatable bonds is 4. The summed E-state index contributed by atoms with van der Waals surface area (Å²) in [5, 5.41) is 0. The first-order chi connectivity index (χ1) is 10.7. The zero-order chi connectivity index (χ0) is 15.5. The number of nitrogens with zero attached hydrogens (tertiary/aromatic N) is 3. The number of carbonyl (C=O) groups excluding carboxylic acids is 1. The average Bonchev–Trinajstić information content (AvgIpc) is 2.85. The Kier molecular flexibility index (Phi) is 3.74. The van der Waals surface area contributed by atoms with E-state index in [1.807, 2.05) is 37.3 Å². The zero-order valence-corrected chi connectivity index (χ0v) is 12.1. The van der Waals surface area contributed by atoms with E-state index in [1.165, 1.54) is 4.57 Å². The molecule has 22 heavy (non-hydrogen) atoms. The van der Waals surface area contributed by atoms with E-state index in [0.717, 1.165) is 5.69 Å². The summed E-state index contributed by atoms with van der Waals surface area (Å²) in [6.45, 7) is 2.30. The lowest BCUT2D eigenvalue weighted by molar-refractivity contribution is -0.119. The lowest BCUT2D eigenvalue weighted by Gasteiger charge is -2.20. The van der Waals surface area contributed by atoms with Gasteiger partial charge < -0.3 is 9.32 Å². The van der Waals surface area contributed by atoms with Crippen LogP contribution in [0.2, 0.25) is 0 Å². The van der Waals surface area contributed by atoms with Crippen molar-refractivity contribution >= 4 is 22.8 Å². The Hall–Kier alpha value is -2.89. The number of pyridine rings is 1. The SMILES string of the molecule is CCN(C(=O)Cn1c(=O)oc2cccnc21)c1ccccc1. The van der Waals surface area contributed by atoms with Gasteiger partial charge in [-0.05, 0) is 31.2 Å². The molecule has 0 aliphatic heterocycles. The van der Waals surface area contributed by atoms with Gasteiger partial charge in [-0.25, -0.2) is 14.3 Å². The van der Waals surface area contributed by atoms with Crippen LogP contribution in [0.25, 0.3) is 11.2 Å². The molecule has 1 amide bonds. The molecule has 3 rings (SSSR count). The maximum Gasteiger partial charge on any atom is 0.421 e. The van der Waals surface area contributed by atoms with E-state index in [-0.39, 0.29) is 12.5 Å². The van der Waals surface area contributed by atoms with Crippen molar-refractivity contribution in [3.05, 3.63) is 59.2 Å². The summed E-state index contributed by atoms with van der Waals surface area (Å²) in [6.07, 6.45) is 1.56. The normalized spacial score (nSPS) is 10.8. The molecule has 2 aromatic heterocycles. The maximum atomic E-state index is 12.5. The van der Waals surface area contributed by atoms with Gasteiger partial charge in [0.15, 0.2) is 11.2 Å². The van der Waals surface area contributed by atoms with Gasteiger partial charge in [-0.15, -0.1) is 0 Å². The zero-order valence-electron chi connectivity index (χ0n) is 12.1. The molecule has 0 unspecified atom stereocenters. The highest BCUT2D eigenvalue weighted by atomic mass is 16.4. The lowest BCUT2D eigenvalue weighted by atomic mass is 10.3. The first-order valence-corrected chi connectivity index (χ1v) is 7.00. The van der Waals surface area contributed by atoms with Crippen LogP contribution in [0, 0.1) is 0 Å². The second-order valence-electron chi connectivity index (χ2n) is 4.75. The van der Waals surface area contributed by atoms with Gasteiger partial charge in [0.2, 0.25) is 5.91 Å². The van der Waals surface area contributed by atoms with Gasteiger partial charge in [0.05, 0.1) is 0 Å². The number of para-hydroxylation sites is 1. The third kappa shape index (κ3) is 2.50. The molecule has 0 N–H and O–H groups in total.